The van der Waals surface area contributed by atoms with Crippen LogP contribution in [0.2, 0.25) is 0 Å². The molecule has 94 valence electrons. The fourth-order valence-electron chi connectivity index (χ4n) is 2.04. The second-order valence-corrected chi connectivity index (χ2v) is 4.46. The van der Waals surface area contributed by atoms with Crippen molar-refractivity contribution in [2.45, 2.75) is 25.0 Å². The Labute approximate surface area is 101 Å². The van der Waals surface area contributed by atoms with Gasteiger partial charge in [-0.05, 0) is 32.0 Å². The molecule has 2 heterocycles. The number of anilines is 1. The van der Waals surface area contributed by atoms with Crippen molar-refractivity contribution in [3.63, 3.8) is 0 Å². The van der Waals surface area contributed by atoms with E-state index in [1.165, 1.54) is 0 Å². The summed E-state index contributed by atoms with van der Waals surface area (Å²) in [4.78, 5) is 3.97. The summed E-state index contributed by atoms with van der Waals surface area (Å²) in [5.74, 6) is 0.479. The highest BCUT2D eigenvalue weighted by molar-refractivity contribution is 5.30. The van der Waals surface area contributed by atoms with Gasteiger partial charge in [-0.3, -0.25) is 0 Å². The smallest absolute Gasteiger partial charge is 0.123 e. The molecule has 1 saturated heterocycles. The molecular weight excluding hydrogens is 216 g/mol. The van der Waals surface area contributed by atoms with Gasteiger partial charge < -0.3 is 21.5 Å². The van der Waals surface area contributed by atoms with Crippen molar-refractivity contribution in [3.05, 3.63) is 23.9 Å². The van der Waals surface area contributed by atoms with E-state index in [9.17, 15) is 5.11 Å². The molecule has 0 saturated carbocycles. The van der Waals surface area contributed by atoms with Gasteiger partial charge in [0.1, 0.15) is 5.82 Å². The highest BCUT2D eigenvalue weighted by Gasteiger charge is 2.14. The van der Waals surface area contributed by atoms with Crippen molar-refractivity contribution < 1.29 is 5.11 Å². The zero-order chi connectivity index (χ0) is 12.1. The van der Waals surface area contributed by atoms with Crippen LogP contribution in [0.4, 0.5) is 5.82 Å². The lowest BCUT2D eigenvalue weighted by molar-refractivity contribution is 0.166. The first-order valence-corrected chi connectivity index (χ1v) is 6.09. The molecule has 0 aliphatic carbocycles. The maximum absolute atomic E-state index is 9.98. The molecule has 17 heavy (non-hydrogen) atoms. The molecule has 5 nitrogen and oxygen atoms in total. The van der Waals surface area contributed by atoms with Gasteiger partial charge in [-0.1, -0.05) is 6.07 Å². The van der Waals surface area contributed by atoms with E-state index in [1.54, 1.807) is 12.3 Å². The Kier molecular flexibility index (Phi) is 4.30. The Morgan fingerprint density at radius 3 is 2.88 bits per heavy atom. The number of pyridine rings is 1. The highest BCUT2D eigenvalue weighted by atomic mass is 16.3. The zero-order valence-electron chi connectivity index (χ0n) is 9.89. The van der Waals surface area contributed by atoms with E-state index < -0.39 is 6.10 Å². The first-order chi connectivity index (χ1) is 8.25. The first-order valence-electron chi connectivity index (χ1n) is 6.09. The van der Waals surface area contributed by atoms with Gasteiger partial charge >= 0.3 is 0 Å². The lowest BCUT2D eigenvalue weighted by Crippen LogP contribution is -2.41. The van der Waals surface area contributed by atoms with Gasteiger partial charge in [-0.2, -0.15) is 0 Å². The lowest BCUT2D eigenvalue weighted by atomic mass is 10.1. The summed E-state index contributed by atoms with van der Waals surface area (Å²) in [7, 11) is 0. The minimum Gasteiger partial charge on any atom is -0.387 e. The third kappa shape index (κ3) is 3.66. The molecule has 1 atom stereocenters. The Balaban J connectivity index is 1.80. The monoisotopic (exact) mass is 236 g/mol. The molecule has 0 radical (unpaired) electrons. The van der Waals surface area contributed by atoms with Crippen LogP contribution in [-0.4, -0.2) is 35.8 Å². The quantitative estimate of drug-likeness (QED) is 0.593. The van der Waals surface area contributed by atoms with Crippen LogP contribution in [0.5, 0.6) is 0 Å². The second kappa shape index (κ2) is 5.95. The number of hydrogen-bond donors (Lipinski definition) is 4. The third-order valence-corrected chi connectivity index (χ3v) is 3.13. The van der Waals surface area contributed by atoms with Crippen LogP contribution >= 0.6 is 0 Å². The van der Waals surface area contributed by atoms with Crippen molar-refractivity contribution in [3.8, 4) is 0 Å². The minimum absolute atomic E-state index is 0.479. The minimum atomic E-state index is -0.516. The van der Waals surface area contributed by atoms with Crippen molar-refractivity contribution in [2.24, 2.45) is 0 Å². The van der Waals surface area contributed by atoms with Gasteiger partial charge in [0.15, 0.2) is 0 Å². The number of nitrogen functional groups attached to an aromatic ring is 1. The van der Waals surface area contributed by atoms with Gasteiger partial charge in [-0.15, -0.1) is 0 Å². The van der Waals surface area contributed by atoms with Crippen LogP contribution in [0, 0.1) is 0 Å². The highest BCUT2D eigenvalue weighted by Crippen LogP contribution is 2.12. The van der Waals surface area contributed by atoms with Crippen molar-refractivity contribution in [1.29, 1.82) is 0 Å². The molecule has 0 bridgehead atoms. The van der Waals surface area contributed by atoms with Crippen LogP contribution in [0.1, 0.15) is 24.5 Å². The van der Waals surface area contributed by atoms with Crippen molar-refractivity contribution in [2.75, 3.05) is 25.4 Å². The summed E-state index contributed by atoms with van der Waals surface area (Å²) < 4.78 is 0. The largest absolute Gasteiger partial charge is 0.387 e. The molecule has 1 aliphatic heterocycles. The maximum Gasteiger partial charge on any atom is 0.123 e. The average molecular weight is 236 g/mol. The fraction of sp³-hybridized carbons (Fsp3) is 0.583. The summed E-state index contributed by atoms with van der Waals surface area (Å²) in [6.45, 7) is 2.67. The van der Waals surface area contributed by atoms with E-state index in [0.29, 0.717) is 18.4 Å². The van der Waals surface area contributed by atoms with Gasteiger partial charge in [-0.25, -0.2) is 4.98 Å². The molecule has 0 aromatic carbocycles. The van der Waals surface area contributed by atoms with E-state index in [4.69, 9.17) is 5.73 Å². The number of nitrogens with one attached hydrogen (secondary N) is 2. The molecule has 1 aromatic rings. The van der Waals surface area contributed by atoms with Gasteiger partial charge in [0, 0.05) is 24.3 Å². The maximum atomic E-state index is 9.98. The number of hydrogen-bond acceptors (Lipinski definition) is 5. The number of nitrogens with two attached hydrogens (primary N) is 1. The predicted octanol–water partition coefficient (Wildman–Crippen LogP) is 0.0388. The summed E-state index contributed by atoms with van der Waals surface area (Å²) >= 11 is 0. The standard InChI is InChI=1S/C12H20N4O/c13-12-2-1-9(7-16-12)11(17)8-15-10-3-5-14-6-4-10/h1-2,7,10-11,14-15,17H,3-6,8H2,(H2,13,16)/t11-/m1/s1. The van der Waals surface area contributed by atoms with Crippen molar-refractivity contribution in [1.82, 2.24) is 15.6 Å². The topological polar surface area (TPSA) is 83.2 Å². The first kappa shape index (κ1) is 12.3. The molecule has 0 amide bonds. The number of aliphatic hydroxyl groups excluding tert-OH is 1. The van der Waals surface area contributed by atoms with Gasteiger partial charge in [0.2, 0.25) is 0 Å². The molecule has 5 N–H and O–H groups in total. The zero-order valence-corrected chi connectivity index (χ0v) is 9.89. The van der Waals surface area contributed by atoms with Crippen LogP contribution in [0.3, 0.4) is 0 Å². The number of aromatic nitrogens is 1. The van der Waals surface area contributed by atoms with Crippen molar-refractivity contribution >= 4 is 5.82 Å². The Morgan fingerprint density at radius 2 is 2.24 bits per heavy atom. The molecule has 1 aliphatic rings. The lowest BCUT2D eigenvalue weighted by Gasteiger charge is -2.25. The SMILES string of the molecule is Nc1ccc([C@H](O)CNC2CCNCC2)cn1. The van der Waals surface area contributed by atoms with E-state index in [-0.39, 0.29) is 0 Å². The van der Waals surface area contributed by atoms with E-state index in [0.717, 1.165) is 31.5 Å². The van der Waals surface area contributed by atoms with Gasteiger partial charge in [0.25, 0.3) is 0 Å². The molecule has 1 fully saturated rings. The number of nitrogens with zero attached hydrogens (tertiary/aromatic N) is 1. The van der Waals surface area contributed by atoms with E-state index in [2.05, 4.69) is 15.6 Å². The number of rotatable bonds is 4. The molecule has 5 heteroatoms. The second-order valence-electron chi connectivity index (χ2n) is 4.46. The average Bonchev–Trinajstić information content (AvgIpc) is 2.38. The predicted molar refractivity (Wildman–Crippen MR) is 67.5 cm³/mol. The van der Waals surface area contributed by atoms with E-state index in [1.807, 2.05) is 6.07 Å². The summed E-state index contributed by atoms with van der Waals surface area (Å²) in [5.41, 5.74) is 6.31. The summed E-state index contributed by atoms with van der Waals surface area (Å²) in [5, 5.41) is 16.7. The van der Waals surface area contributed by atoms with Crippen LogP contribution in [-0.2, 0) is 0 Å². The Hall–Kier alpha value is -1.17. The van der Waals surface area contributed by atoms with Crippen LogP contribution in [0.25, 0.3) is 0 Å². The van der Waals surface area contributed by atoms with Crippen LogP contribution in [0.15, 0.2) is 18.3 Å². The van der Waals surface area contributed by atoms with Gasteiger partial charge in [0.05, 0.1) is 6.10 Å². The van der Waals surface area contributed by atoms with E-state index >= 15 is 0 Å². The summed E-state index contributed by atoms with van der Waals surface area (Å²) in [6.07, 6.45) is 3.35. The summed E-state index contributed by atoms with van der Waals surface area (Å²) in [6, 6.07) is 4.04. The van der Waals surface area contributed by atoms with Crippen LogP contribution < -0.4 is 16.4 Å². The Morgan fingerprint density at radius 1 is 1.47 bits per heavy atom. The molecule has 0 unspecified atom stereocenters. The molecule has 1 aromatic heterocycles. The Bertz CT molecular complexity index is 335. The third-order valence-electron chi connectivity index (χ3n) is 3.13. The normalized spacial score (nSPS) is 19.1. The number of aliphatic hydroxyl groups is 1. The number of piperidine rings is 1. The molecule has 2 rings (SSSR count). The molecule has 0 spiro atoms. The molecular formula is C12H20N4O. The fourth-order valence-corrected chi connectivity index (χ4v) is 2.04.